The Hall–Kier alpha value is -0.120. The summed E-state index contributed by atoms with van der Waals surface area (Å²) in [5, 5.41) is 3.63. The zero-order valence-electron chi connectivity index (χ0n) is 12.2. The minimum absolute atomic E-state index is 0.320. The smallest absolute Gasteiger partial charge is 0.0673 e. The van der Waals surface area contributed by atoms with Crippen molar-refractivity contribution in [1.82, 2.24) is 5.32 Å². The summed E-state index contributed by atoms with van der Waals surface area (Å²) in [4.78, 5) is 0. The lowest BCUT2D eigenvalue weighted by atomic mass is 9.76. The van der Waals surface area contributed by atoms with Crippen molar-refractivity contribution in [3.8, 4) is 0 Å². The molecular weight excluding hydrogens is 226 g/mol. The summed E-state index contributed by atoms with van der Waals surface area (Å²) in [7, 11) is 0. The van der Waals surface area contributed by atoms with Gasteiger partial charge in [0, 0.05) is 37.8 Å². The van der Waals surface area contributed by atoms with E-state index in [4.69, 9.17) is 9.47 Å². The third-order valence-corrected chi connectivity index (χ3v) is 4.36. The normalized spacial score (nSPS) is 32.3. The van der Waals surface area contributed by atoms with Crippen LogP contribution < -0.4 is 5.32 Å². The van der Waals surface area contributed by atoms with Crippen LogP contribution in [0.4, 0.5) is 0 Å². The summed E-state index contributed by atoms with van der Waals surface area (Å²) in [5.74, 6) is 0.822. The van der Waals surface area contributed by atoms with Crippen molar-refractivity contribution in [1.29, 1.82) is 0 Å². The average molecular weight is 255 g/mol. The van der Waals surface area contributed by atoms with Gasteiger partial charge in [-0.3, -0.25) is 0 Å². The van der Waals surface area contributed by atoms with Gasteiger partial charge in [-0.1, -0.05) is 13.8 Å². The lowest BCUT2D eigenvalue weighted by Crippen LogP contribution is -2.44. The Kier molecular flexibility index (Phi) is 5.05. The van der Waals surface area contributed by atoms with Gasteiger partial charge in [-0.2, -0.15) is 0 Å². The van der Waals surface area contributed by atoms with Gasteiger partial charge >= 0.3 is 0 Å². The van der Waals surface area contributed by atoms with Gasteiger partial charge in [-0.05, 0) is 38.5 Å². The molecule has 1 heterocycles. The summed E-state index contributed by atoms with van der Waals surface area (Å²) >= 11 is 0. The lowest BCUT2D eigenvalue weighted by molar-refractivity contribution is 0.00918. The maximum Gasteiger partial charge on any atom is 0.0673 e. The van der Waals surface area contributed by atoms with Crippen molar-refractivity contribution in [3.05, 3.63) is 0 Å². The zero-order valence-corrected chi connectivity index (χ0v) is 12.2. The molecule has 106 valence electrons. The summed E-state index contributed by atoms with van der Waals surface area (Å²) in [6.07, 6.45) is 5.54. The SMILES string of the molecule is CCOCCC1(CNC(C)C)CCOC1C1CC1. The molecule has 0 bridgehead atoms. The second kappa shape index (κ2) is 6.36. The molecule has 1 N–H and O–H groups in total. The van der Waals surface area contributed by atoms with Crippen molar-refractivity contribution < 1.29 is 9.47 Å². The number of ether oxygens (including phenoxy) is 2. The molecule has 2 atom stereocenters. The molecule has 2 fully saturated rings. The van der Waals surface area contributed by atoms with Crippen LogP contribution in [0, 0.1) is 11.3 Å². The van der Waals surface area contributed by atoms with Crippen molar-refractivity contribution in [2.45, 2.75) is 58.6 Å². The van der Waals surface area contributed by atoms with E-state index in [0.29, 0.717) is 17.6 Å². The quantitative estimate of drug-likeness (QED) is 0.676. The van der Waals surface area contributed by atoms with Crippen LogP contribution in [0.25, 0.3) is 0 Å². The topological polar surface area (TPSA) is 30.5 Å². The van der Waals surface area contributed by atoms with E-state index in [1.807, 2.05) is 0 Å². The van der Waals surface area contributed by atoms with Crippen LogP contribution in [-0.2, 0) is 9.47 Å². The predicted molar refractivity (Wildman–Crippen MR) is 73.8 cm³/mol. The molecule has 2 aliphatic rings. The predicted octanol–water partition coefficient (Wildman–Crippen LogP) is 2.60. The van der Waals surface area contributed by atoms with E-state index in [-0.39, 0.29) is 0 Å². The van der Waals surface area contributed by atoms with Crippen LogP contribution in [0.2, 0.25) is 0 Å². The van der Waals surface area contributed by atoms with E-state index in [0.717, 1.165) is 38.7 Å². The molecule has 0 aromatic heterocycles. The second-order valence-electron chi connectivity index (χ2n) is 6.22. The van der Waals surface area contributed by atoms with Crippen molar-refractivity contribution in [3.63, 3.8) is 0 Å². The summed E-state index contributed by atoms with van der Waals surface area (Å²) < 4.78 is 11.7. The van der Waals surface area contributed by atoms with Gasteiger partial charge in [0.2, 0.25) is 0 Å². The Morgan fingerprint density at radius 1 is 1.39 bits per heavy atom. The van der Waals surface area contributed by atoms with E-state index in [2.05, 4.69) is 26.1 Å². The van der Waals surface area contributed by atoms with E-state index < -0.39 is 0 Å². The Balaban J connectivity index is 1.95. The van der Waals surface area contributed by atoms with E-state index in [1.165, 1.54) is 19.3 Å². The highest BCUT2D eigenvalue weighted by Gasteiger charge is 2.50. The summed E-state index contributed by atoms with van der Waals surface area (Å²) in [6.45, 7) is 10.2. The Morgan fingerprint density at radius 2 is 2.17 bits per heavy atom. The van der Waals surface area contributed by atoms with E-state index >= 15 is 0 Å². The Labute approximate surface area is 112 Å². The van der Waals surface area contributed by atoms with Crippen LogP contribution in [0.1, 0.15) is 46.5 Å². The highest BCUT2D eigenvalue weighted by Crippen LogP contribution is 2.49. The minimum atomic E-state index is 0.320. The van der Waals surface area contributed by atoms with Crippen molar-refractivity contribution >= 4 is 0 Å². The molecule has 0 radical (unpaired) electrons. The van der Waals surface area contributed by atoms with Crippen LogP contribution >= 0.6 is 0 Å². The highest BCUT2D eigenvalue weighted by molar-refractivity contribution is 5.00. The maximum absolute atomic E-state index is 6.06. The number of rotatable bonds is 8. The third-order valence-electron chi connectivity index (χ3n) is 4.36. The molecule has 1 saturated heterocycles. The van der Waals surface area contributed by atoms with E-state index in [9.17, 15) is 0 Å². The first-order valence-corrected chi connectivity index (χ1v) is 7.60. The number of hydrogen-bond donors (Lipinski definition) is 1. The Morgan fingerprint density at radius 3 is 2.78 bits per heavy atom. The largest absolute Gasteiger partial charge is 0.382 e. The monoisotopic (exact) mass is 255 g/mol. The van der Waals surface area contributed by atoms with E-state index in [1.54, 1.807) is 0 Å². The van der Waals surface area contributed by atoms with Gasteiger partial charge in [-0.15, -0.1) is 0 Å². The van der Waals surface area contributed by atoms with Gasteiger partial charge in [0.25, 0.3) is 0 Å². The molecule has 3 nitrogen and oxygen atoms in total. The molecule has 0 aromatic carbocycles. The van der Waals surface area contributed by atoms with Gasteiger partial charge in [0.1, 0.15) is 0 Å². The van der Waals surface area contributed by atoms with Crippen LogP contribution in [0.3, 0.4) is 0 Å². The van der Waals surface area contributed by atoms with Crippen molar-refractivity contribution in [2.75, 3.05) is 26.4 Å². The maximum atomic E-state index is 6.06. The molecular formula is C15H29NO2. The standard InChI is InChI=1S/C15H29NO2/c1-4-17-9-7-15(11-16-12(2)3)8-10-18-14(15)13-5-6-13/h12-14,16H,4-11H2,1-3H3. The molecule has 0 spiro atoms. The van der Waals surface area contributed by atoms with Crippen LogP contribution in [0.15, 0.2) is 0 Å². The third kappa shape index (κ3) is 3.46. The van der Waals surface area contributed by atoms with Gasteiger partial charge < -0.3 is 14.8 Å². The molecule has 0 amide bonds. The molecule has 2 rings (SSSR count). The molecule has 3 heteroatoms. The molecule has 2 unspecified atom stereocenters. The highest BCUT2D eigenvalue weighted by atomic mass is 16.5. The molecule has 18 heavy (non-hydrogen) atoms. The number of hydrogen-bond acceptors (Lipinski definition) is 3. The second-order valence-corrected chi connectivity index (χ2v) is 6.22. The Bertz CT molecular complexity index is 253. The fourth-order valence-corrected chi connectivity index (χ4v) is 3.12. The molecule has 1 saturated carbocycles. The molecule has 0 aromatic rings. The summed E-state index contributed by atoms with van der Waals surface area (Å²) in [6, 6.07) is 0.550. The minimum Gasteiger partial charge on any atom is -0.382 e. The molecule has 1 aliphatic heterocycles. The number of nitrogens with one attached hydrogen (secondary N) is 1. The van der Waals surface area contributed by atoms with Gasteiger partial charge in [0.15, 0.2) is 0 Å². The molecule has 1 aliphatic carbocycles. The first-order chi connectivity index (χ1) is 8.68. The fraction of sp³-hybridized carbons (Fsp3) is 1.00. The lowest BCUT2D eigenvalue weighted by Gasteiger charge is -2.35. The fourth-order valence-electron chi connectivity index (χ4n) is 3.12. The first-order valence-electron chi connectivity index (χ1n) is 7.60. The van der Waals surface area contributed by atoms with Crippen LogP contribution in [0.5, 0.6) is 0 Å². The summed E-state index contributed by atoms with van der Waals surface area (Å²) in [5.41, 5.74) is 0.320. The van der Waals surface area contributed by atoms with Gasteiger partial charge in [-0.25, -0.2) is 0 Å². The zero-order chi connectivity index (χ0) is 13.0. The van der Waals surface area contributed by atoms with Crippen molar-refractivity contribution in [2.24, 2.45) is 11.3 Å². The first kappa shape index (κ1) is 14.3. The average Bonchev–Trinajstić information content (AvgIpc) is 3.09. The van der Waals surface area contributed by atoms with Crippen LogP contribution in [-0.4, -0.2) is 38.5 Å². The van der Waals surface area contributed by atoms with Gasteiger partial charge in [0.05, 0.1) is 6.10 Å².